The molecule has 9 heteroatoms. The molecule has 25 heavy (non-hydrogen) atoms. The molecular formula is C16H24N4O4S. The molecular weight excluding hydrogens is 344 g/mol. The Morgan fingerprint density at radius 2 is 1.76 bits per heavy atom. The van der Waals surface area contributed by atoms with E-state index in [0.717, 1.165) is 26.2 Å². The van der Waals surface area contributed by atoms with Crippen molar-refractivity contribution in [3.63, 3.8) is 0 Å². The molecule has 0 aliphatic carbocycles. The topological polar surface area (TPSA) is 74.7 Å². The summed E-state index contributed by atoms with van der Waals surface area (Å²) in [6.07, 6.45) is 0. The van der Waals surface area contributed by atoms with E-state index >= 15 is 0 Å². The number of guanidine groups is 1. The predicted molar refractivity (Wildman–Crippen MR) is 94.8 cm³/mol. The van der Waals surface area contributed by atoms with Crippen LogP contribution in [0.15, 0.2) is 28.1 Å². The maximum Gasteiger partial charge on any atom is 0.270 e. The fourth-order valence-electron chi connectivity index (χ4n) is 3.02. The highest BCUT2D eigenvalue weighted by atomic mass is 32.2. The molecule has 0 amide bonds. The lowest BCUT2D eigenvalue weighted by molar-refractivity contribution is 0.208. The standard InChI is InChI=1S/C16H24N4O4S/c1-18-8-10-19(11-9-18)16-17-6-7-20(16)25(21,22)15-12-13(23-2)4-5-14(15)24-3/h4-5,12H,6-11H2,1-3H3. The molecule has 2 aliphatic heterocycles. The van der Waals surface area contributed by atoms with Crippen LogP contribution in [0.25, 0.3) is 0 Å². The molecule has 0 bridgehead atoms. The minimum absolute atomic E-state index is 0.0954. The zero-order valence-electron chi connectivity index (χ0n) is 14.8. The Morgan fingerprint density at radius 3 is 2.40 bits per heavy atom. The highest BCUT2D eigenvalue weighted by molar-refractivity contribution is 7.89. The van der Waals surface area contributed by atoms with Crippen LogP contribution in [0.1, 0.15) is 0 Å². The summed E-state index contributed by atoms with van der Waals surface area (Å²) in [5.41, 5.74) is 0. The Labute approximate surface area is 148 Å². The Bertz CT molecular complexity index is 757. The van der Waals surface area contributed by atoms with Crippen molar-refractivity contribution in [1.82, 2.24) is 14.1 Å². The van der Waals surface area contributed by atoms with Crippen LogP contribution in [-0.4, -0.2) is 89.0 Å². The Balaban J connectivity index is 1.93. The van der Waals surface area contributed by atoms with Gasteiger partial charge >= 0.3 is 0 Å². The summed E-state index contributed by atoms with van der Waals surface area (Å²) < 4.78 is 38.4. The second kappa shape index (κ2) is 7.09. The first kappa shape index (κ1) is 17.8. The molecule has 1 saturated heterocycles. The fourth-order valence-corrected chi connectivity index (χ4v) is 4.63. The van der Waals surface area contributed by atoms with Gasteiger partial charge in [0.25, 0.3) is 10.0 Å². The van der Waals surface area contributed by atoms with Crippen LogP contribution in [0.3, 0.4) is 0 Å². The maximum absolute atomic E-state index is 13.3. The number of nitrogens with zero attached hydrogens (tertiary/aromatic N) is 4. The molecule has 0 radical (unpaired) electrons. The zero-order chi connectivity index (χ0) is 18.0. The number of likely N-dealkylation sites (N-methyl/N-ethyl adjacent to an activating group) is 1. The largest absolute Gasteiger partial charge is 0.497 e. The SMILES string of the molecule is COc1ccc(OC)c(S(=O)(=O)N2CCN=C2N2CCN(C)CC2)c1. The van der Waals surface area contributed by atoms with E-state index in [1.165, 1.54) is 24.6 Å². The van der Waals surface area contributed by atoms with Crippen molar-refractivity contribution in [2.75, 3.05) is 60.5 Å². The van der Waals surface area contributed by atoms with Gasteiger partial charge in [-0.15, -0.1) is 0 Å². The van der Waals surface area contributed by atoms with E-state index in [9.17, 15) is 8.42 Å². The number of hydrogen-bond acceptors (Lipinski definition) is 7. The van der Waals surface area contributed by atoms with Gasteiger partial charge in [-0.25, -0.2) is 12.7 Å². The van der Waals surface area contributed by atoms with E-state index in [4.69, 9.17) is 9.47 Å². The van der Waals surface area contributed by atoms with Gasteiger partial charge in [0.1, 0.15) is 16.4 Å². The summed E-state index contributed by atoms with van der Waals surface area (Å²) in [4.78, 5) is 8.81. The number of piperazine rings is 1. The van der Waals surface area contributed by atoms with Gasteiger partial charge in [0.2, 0.25) is 5.96 Å². The lowest BCUT2D eigenvalue weighted by atomic mass is 10.3. The van der Waals surface area contributed by atoms with Gasteiger partial charge in [-0.05, 0) is 19.2 Å². The fraction of sp³-hybridized carbons (Fsp3) is 0.562. The van der Waals surface area contributed by atoms with Crippen LogP contribution in [0.4, 0.5) is 0 Å². The number of rotatable bonds is 4. The van der Waals surface area contributed by atoms with E-state index in [1.54, 1.807) is 12.1 Å². The van der Waals surface area contributed by atoms with Gasteiger partial charge in [0, 0.05) is 32.2 Å². The van der Waals surface area contributed by atoms with Crippen molar-refractivity contribution >= 4 is 16.0 Å². The molecule has 0 N–H and O–H groups in total. The average Bonchev–Trinajstić information content (AvgIpc) is 3.12. The maximum atomic E-state index is 13.3. The van der Waals surface area contributed by atoms with E-state index in [1.807, 2.05) is 4.90 Å². The van der Waals surface area contributed by atoms with Crippen LogP contribution in [0, 0.1) is 0 Å². The number of methoxy groups -OCH3 is 2. The van der Waals surface area contributed by atoms with Crippen LogP contribution < -0.4 is 9.47 Å². The molecule has 1 aromatic rings. The van der Waals surface area contributed by atoms with E-state index in [0.29, 0.717) is 30.5 Å². The van der Waals surface area contributed by atoms with Crippen LogP contribution in [0.5, 0.6) is 11.5 Å². The normalized spacial score (nSPS) is 19.1. The molecule has 1 fully saturated rings. The molecule has 138 valence electrons. The molecule has 0 unspecified atom stereocenters. The third kappa shape index (κ3) is 3.38. The highest BCUT2D eigenvalue weighted by Crippen LogP contribution is 2.32. The number of ether oxygens (including phenoxy) is 2. The Kier molecular flexibility index (Phi) is 5.05. The highest BCUT2D eigenvalue weighted by Gasteiger charge is 2.36. The Hall–Kier alpha value is -2.00. The zero-order valence-corrected chi connectivity index (χ0v) is 15.6. The molecule has 2 aliphatic rings. The average molecular weight is 368 g/mol. The number of hydrogen-bond donors (Lipinski definition) is 0. The van der Waals surface area contributed by atoms with Crippen molar-refractivity contribution in [1.29, 1.82) is 0 Å². The number of benzene rings is 1. The first-order valence-electron chi connectivity index (χ1n) is 8.20. The first-order chi connectivity index (χ1) is 12.0. The van der Waals surface area contributed by atoms with E-state index in [-0.39, 0.29) is 4.90 Å². The molecule has 0 atom stereocenters. The van der Waals surface area contributed by atoms with Crippen molar-refractivity contribution in [2.24, 2.45) is 4.99 Å². The summed E-state index contributed by atoms with van der Waals surface area (Å²) in [5.74, 6) is 1.29. The van der Waals surface area contributed by atoms with E-state index in [2.05, 4.69) is 16.9 Å². The summed E-state index contributed by atoms with van der Waals surface area (Å²) in [6, 6.07) is 4.78. The molecule has 0 spiro atoms. The van der Waals surface area contributed by atoms with Gasteiger partial charge < -0.3 is 19.3 Å². The van der Waals surface area contributed by atoms with Crippen molar-refractivity contribution in [3.05, 3.63) is 18.2 Å². The van der Waals surface area contributed by atoms with Gasteiger partial charge in [-0.3, -0.25) is 4.99 Å². The lowest BCUT2D eigenvalue weighted by Crippen LogP contribution is -2.52. The van der Waals surface area contributed by atoms with Crippen LogP contribution in [0.2, 0.25) is 0 Å². The second-order valence-electron chi connectivity index (χ2n) is 6.07. The van der Waals surface area contributed by atoms with Crippen molar-refractivity contribution in [2.45, 2.75) is 4.90 Å². The van der Waals surface area contributed by atoms with E-state index < -0.39 is 10.0 Å². The second-order valence-corrected chi connectivity index (χ2v) is 7.90. The molecule has 0 saturated carbocycles. The van der Waals surface area contributed by atoms with Crippen molar-refractivity contribution < 1.29 is 17.9 Å². The number of aliphatic imine (C=N–C) groups is 1. The quantitative estimate of drug-likeness (QED) is 0.762. The molecule has 3 rings (SSSR count). The van der Waals surface area contributed by atoms with Crippen LogP contribution >= 0.6 is 0 Å². The lowest BCUT2D eigenvalue weighted by Gasteiger charge is -2.36. The third-order valence-electron chi connectivity index (χ3n) is 4.50. The monoisotopic (exact) mass is 368 g/mol. The Morgan fingerprint density at radius 1 is 1.04 bits per heavy atom. The summed E-state index contributed by atoms with van der Waals surface area (Å²) in [7, 11) is 1.24. The van der Waals surface area contributed by atoms with Crippen LogP contribution in [-0.2, 0) is 10.0 Å². The third-order valence-corrected chi connectivity index (χ3v) is 6.31. The minimum atomic E-state index is -3.78. The molecule has 2 heterocycles. The smallest absolute Gasteiger partial charge is 0.270 e. The minimum Gasteiger partial charge on any atom is -0.497 e. The van der Waals surface area contributed by atoms with Gasteiger partial charge in [0.05, 0.1) is 27.3 Å². The number of sulfonamides is 1. The summed E-state index contributed by atoms with van der Waals surface area (Å²) >= 11 is 0. The van der Waals surface area contributed by atoms with Gasteiger partial charge in [-0.1, -0.05) is 0 Å². The van der Waals surface area contributed by atoms with Gasteiger partial charge in [-0.2, -0.15) is 0 Å². The van der Waals surface area contributed by atoms with Gasteiger partial charge in [0.15, 0.2) is 0 Å². The van der Waals surface area contributed by atoms with Crippen molar-refractivity contribution in [3.8, 4) is 11.5 Å². The molecule has 0 aromatic heterocycles. The first-order valence-corrected chi connectivity index (χ1v) is 9.64. The summed E-state index contributed by atoms with van der Waals surface area (Å²) in [6.45, 7) is 4.09. The predicted octanol–water partition coefficient (Wildman–Crippen LogP) is 0.312. The molecule has 8 nitrogen and oxygen atoms in total. The summed E-state index contributed by atoms with van der Waals surface area (Å²) in [5, 5.41) is 0. The molecule has 1 aromatic carbocycles.